The number of rotatable bonds is 8. The van der Waals surface area contributed by atoms with Crippen molar-refractivity contribution in [2.75, 3.05) is 20.1 Å². The van der Waals surface area contributed by atoms with Gasteiger partial charge in [0.1, 0.15) is 11.6 Å². The molecule has 0 atom stereocenters. The highest BCUT2D eigenvalue weighted by Gasteiger charge is 2.12. The molecule has 148 valence electrons. The van der Waals surface area contributed by atoms with Gasteiger partial charge >= 0.3 is 0 Å². The van der Waals surface area contributed by atoms with E-state index >= 15 is 0 Å². The van der Waals surface area contributed by atoms with Gasteiger partial charge in [0.05, 0.1) is 0 Å². The Morgan fingerprint density at radius 2 is 1.89 bits per heavy atom. The Bertz CT molecular complexity index is 708. The first-order valence-electron chi connectivity index (χ1n) is 9.58. The second-order valence-corrected chi connectivity index (χ2v) is 7.15. The summed E-state index contributed by atoms with van der Waals surface area (Å²) in [7, 11) is 1.79. The third-order valence-electron chi connectivity index (χ3n) is 4.55. The maximum Gasteiger partial charge on any atom is 0.191 e. The van der Waals surface area contributed by atoms with Gasteiger partial charge in [-0.05, 0) is 46.2 Å². The normalized spacial score (nSPS) is 12.3. The number of aryl methyl sites for hydroxylation is 1. The van der Waals surface area contributed by atoms with Gasteiger partial charge in [0, 0.05) is 57.4 Å². The Hall–Kier alpha value is -2.41. The number of hydrogen-bond acceptors (Lipinski definition) is 4. The molecule has 2 aromatic heterocycles. The summed E-state index contributed by atoms with van der Waals surface area (Å²) < 4.78 is 1.97. The number of aliphatic imine (C=N–C) groups is 1. The predicted octanol–water partition coefficient (Wildman–Crippen LogP) is 2.36. The molecule has 2 rings (SSSR count). The van der Waals surface area contributed by atoms with E-state index in [4.69, 9.17) is 0 Å². The zero-order valence-electron chi connectivity index (χ0n) is 17.4. The number of aromatic nitrogens is 3. The summed E-state index contributed by atoms with van der Waals surface area (Å²) in [5, 5.41) is 6.73. The van der Waals surface area contributed by atoms with Crippen molar-refractivity contribution >= 4 is 5.96 Å². The molecule has 0 aliphatic rings. The van der Waals surface area contributed by atoms with Crippen LogP contribution in [-0.4, -0.2) is 57.6 Å². The first kappa shape index (κ1) is 20.9. The second-order valence-electron chi connectivity index (χ2n) is 7.15. The molecule has 2 aromatic rings. The minimum absolute atomic E-state index is 0.533. The number of nitrogens with one attached hydrogen (secondary N) is 2. The molecule has 0 aromatic carbocycles. The largest absolute Gasteiger partial charge is 0.355 e. The van der Waals surface area contributed by atoms with Crippen LogP contribution in [-0.2, 0) is 6.54 Å². The molecule has 0 radical (unpaired) electrons. The van der Waals surface area contributed by atoms with Gasteiger partial charge in [-0.15, -0.1) is 0 Å². The molecule has 2 N–H and O–H groups in total. The van der Waals surface area contributed by atoms with E-state index in [0.717, 1.165) is 36.3 Å². The molecular weight excluding hydrogens is 338 g/mol. The predicted molar refractivity (Wildman–Crippen MR) is 111 cm³/mol. The SMILES string of the molecule is CN=C(NCCN(C(C)C)C(C)C)NCc1ccc(-n2ccnc2C)nc1. The van der Waals surface area contributed by atoms with Crippen molar-refractivity contribution in [1.29, 1.82) is 0 Å². The third kappa shape index (κ3) is 6.06. The van der Waals surface area contributed by atoms with Crippen LogP contribution in [0, 0.1) is 6.92 Å². The van der Waals surface area contributed by atoms with E-state index in [-0.39, 0.29) is 0 Å². The van der Waals surface area contributed by atoms with Crippen LogP contribution in [0.15, 0.2) is 35.7 Å². The van der Waals surface area contributed by atoms with Gasteiger partial charge in [0.2, 0.25) is 0 Å². The lowest BCUT2D eigenvalue weighted by Gasteiger charge is -2.30. The molecule has 0 aliphatic heterocycles. The summed E-state index contributed by atoms with van der Waals surface area (Å²) in [5.74, 6) is 2.60. The van der Waals surface area contributed by atoms with E-state index in [1.54, 1.807) is 13.2 Å². The summed E-state index contributed by atoms with van der Waals surface area (Å²) in [6.45, 7) is 13.4. The summed E-state index contributed by atoms with van der Waals surface area (Å²) in [5.41, 5.74) is 1.10. The Morgan fingerprint density at radius 1 is 1.15 bits per heavy atom. The van der Waals surface area contributed by atoms with Crippen LogP contribution >= 0.6 is 0 Å². The zero-order chi connectivity index (χ0) is 19.8. The molecule has 0 amide bonds. The minimum atomic E-state index is 0.533. The van der Waals surface area contributed by atoms with Crippen LogP contribution in [0.5, 0.6) is 0 Å². The smallest absolute Gasteiger partial charge is 0.191 e. The van der Waals surface area contributed by atoms with Gasteiger partial charge in [0.25, 0.3) is 0 Å². The average Bonchev–Trinajstić information content (AvgIpc) is 3.07. The van der Waals surface area contributed by atoms with E-state index < -0.39 is 0 Å². The number of pyridine rings is 1. The summed E-state index contributed by atoms with van der Waals surface area (Å²) in [6, 6.07) is 5.14. The van der Waals surface area contributed by atoms with Crippen LogP contribution in [0.2, 0.25) is 0 Å². The van der Waals surface area contributed by atoms with Gasteiger partial charge in [-0.2, -0.15) is 0 Å². The van der Waals surface area contributed by atoms with Crippen molar-refractivity contribution in [2.45, 2.75) is 53.2 Å². The molecule has 27 heavy (non-hydrogen) atoms. The molecule has 0 fully saturated rings. The van der Waals surface area contributed by atoms with E-state index in [9.17, 15) is 0 Å². The number of hydrogen-bond donors (Lipinski definition) is 2. The summed E-state index contributed by atoms with van der Waals surface area (Å²) >= 11 is 0. The third-order valence-corrected chi connectivity index (χ3v) is 4.55. The van der Waals surface area contributed by atoms with Crippen molar-refractivity contribution in [3.05, 3.63) is 42.1 Å². The standard InChI is InChI=1S/C20H33N7/c1-15(2)26(16(3)4)11-10-23-20(21-6)25-14-18-7-8-19(24-13-18)27-12-9-22-17(27)5/h7-9,12-13,15-16H,10-11,14H2,1-6H3,(H2,21,23,25). The average molecular weight is 372 g/mol. The van der Waals surface area contributed by atoms with Crippen molar-refractivity contribution < 1.29 is 0 Å². The van der Waals surface area contributed by atoms with Crippen molar-refractivity contribution in [3.8, 4) is 5.82 Å². The fourth-order valence-electron chi connectivity index (χ4n) is 3.11. The lowest BCUT2D eigenvalue weighted by molar-refractivity contribution is 0.178. The van der Waals surface area contributed by atoms with Crippen LogP contribution in [0.3, 0.4) is 0 Å². The Balaban J connectivity index is 1.83. The molecule has 2 heterocycles. The molecule has 0 saturated heterocycles. The van der Waals surface area contributed by atoms with Gasteiger partial charge in [-0.1, -0.05) is 6.07 Å². The van der Waals surface area contributed by atoms with Crippen molar-refractivity contribution in [3.63, 3.8) is 0 Å². The van der Waals surface area contributed by atoms with E-state index in [0.29, 0.717) is 18.6 Å². The minimum Gasteiger partial charge on any atom is -0.355 e. The summed E-state index contributed by atoms with van der Waals surface area (Å²) in [6.07, 6.45) is 5.58. The van der Waals surface area contributed by atoms with Crippen molar-refractivity contribution in [1.82, 2.24) is 30.1 Å². The van der Waals surface area contributed by atoms with Gasteiger partial charge in [-0.3, -0.25) is 14.5 Å². The molecule has 7 nitrogen and oxygen atoms in total. The lowest BCUT2D eigenvalue weighted by Crippen LogP contribution is -2.45. The van der Waals surface area contributed by atoms with E-state index in [1.807, 2.05) is 30.0 Å². The maximum absolute atomic E-state index is 4.53. The molecule has 0 saturated carbocycles. The number of imidazole rings is 1. The van der Waals surface area contributed by atoms with Crippen LogP contribution < -0.4 is 10.6 Å². The van der Waals surface area contributed by atoms with Gasteiger partial charge in [-0.25, -0.2) is 9.97 Å². The second kappa shape index (κ2) is 10.1. The van der Waals surface area contributed by atoms with Crippen LogP contribution in [0.1, 0.15) is 39.1 Å². The van der Waals surface area contributed by atoms with Gasteiger partial charge in [0.15, 0.2) is 5.96 Å². The first-order chi connectivity index (χ1) is 12.9. The highest BCUT2D eigenvalue weighted by Crippen LogP contribution is 2.08. The monoisotopic (exact) mass is 371 g/mol. The van der Waals surface area contributed by atoms with E-state index in [2.05, 4.69) is 64.3 Å². The Morgan fingerprint density at radius 3 is 2.41 bits per heavy atom. The highest BCUT2D eigenvalue weighted by atomic mass is 15.2. The molecule has 7 heteroatoms. The van der Waals surface area contributed by atoms with Gasteiger partial charge < -0.3 is 10.6 Å². The lowest BCUT2D eigenvalue weighted by atomic mass is 10.2. The number of guanidine groups is 1. The fourth-order valence-corrected chi connectivity index (χ4v) is 3.11. The quantitative estimate of drug-likeness (QED) is 0.551. The molecule has 0 bridgehead atoms. The number of nitrogens with zero attached hydrogens (tertiary/aromatic N) is 5. The Kier molecular flexibility index (Phi) is 7.79. The van der Waals surface area contributed by atoms with Crippen LogP contribution in [0.4, 0.5) is 0 Å². The molecule has 0 spiro atoms. The van der Waals surface area contributed by atoms with Crippen molar-refractivity contribution in [2.24, 2.45) is 4.99 Å². The zero-order valence-corrected chi connectivity index (χ0v) is 17.4. The Labute approximate surface area is 162 Å². The highest BCUT2D eigenvalue weighted by molar-refractivity contribution is 5.79. The van der Waals surface area contributed by atoms with Crippen LogP contribution in [0.25, 0.3) is 5.82 Å². The maximum atomic E-state index is 4.53. The topological polar surface area (TPSA) is 70.4 Å². The van der Waals surface area contributed by atoms with E-state index in [1.165, 1.54) is 0 Å². The first-order valence-corrected chi connectivity index (χ1v) is 9.58. The molecule has 0 unspecified atom stereocenters. The molecule has 0 aliphatic carbocycles. The summed E-state index contributed by atoms with van der Waals surface area (Å²) in [4.78, 5) is 15.5. The molecular formula is C20H33N7. The fraction of sp³-hybridized carbons (Fsp3) is 0.550.